The third-order valence-electron chi connectivity index (χ3n) is 8.18. The summed E-state index contributed by atoms with van der Waals surface area (Å²) in [6.07, 6.45) is 4.34. The van der Waals surface area contributed by atoms with E-state index in [0.29, 0.717) is 29.8 Å². The second-order valence-corrected chi connectivity index (χ2v) is 11.2. The fourth-order valence-corrected chi connectivity index (χ4v) is 5.52. The van der Waals surface area contributed by atoms with Crippen LogP contribution in [0.1, 0.15) is 46.3 Å². The number of hydrogen-bond acceptors (Lipinski definition) is 6. The number of benzene rings is 4. The van der Waals surface area contributed by atoms with Crippen LogP contribution in [0.2, 0.25) is 0 Å². The monoisotopic (exact) mass is 576 g/mol. The van der Waals surface area contributed by atoms with E-state index in [1.54, 1.807) is 18.2 Å². The first-order valence-corrected chi connectivity index (χ1v) is 15.1. The van der Waals surface area contributed by atoms with E-state index in [1.807, 2.05) is 60.7 Å². The van der Waals surface area contributed by atoms with Crippen LogP contribution < -0.4 is 15.0 Å². The number of ketones is 1. The molecule has 222 valence electrons. The Morgan fingerprint density at radius 3 is 2.28 bits per heavy atom. The Labute approximate surface area is 254 Å². The van der Waals surface area contributed by atoms with Crippen LogP contribution in [0.4, 0.5) is 11.4 Å². The van der Waals surface area contributed by atoms with Crippen molar-refractivity contribution in [3.05, 3.63) is 125 Å². The molecule has 1 atom stereocenters. The van der Waals surface area contributed by atoms with Crippen LogP contribution in [0.3, 0.4) is 0 Å². The van der Waals surface area contributed by atoms with Crippen molar-refractivity contribution in [3.8, 4) is 5.75 Å². The minimum Gasteiger partial charge on any atom is -0.492 e. The molecule has 6 nitrogen and oxygen atoms in total. The van der Waals surface area contributed by atoms with E-state index < -0.39 is 12.0 Å². The molecule has 5 rings (SSSR count). The van der Waals surface area contributed by atoms with Gasteiger partial charge in [0.1, 0.15) is 18.4 Å². The minimum absolute atomic E-state index is 0.109. The van der Waals surface area contributed by atoms with Crippen LogP contribution in [0, 0.1) is 12.8 Å². The van der Waals surface area contributed by atoms with Crippen LogP contribution >= 0.6 is 0 Å². The molecule has 6 heteroatoms. The maximum atomic E-state index is 13.2. The lowest BCUT2D eigenvalue weighted by Gasteiger charge is -2.34. The highest BCUT2D eigenvalue weighted by Gasteiger charge is 2.23. The summed E-state index contributed by atoms with van der Waals surface area (Å²) in [6, 6.07) is 32.1. The van der Waals surface area contributed by atoms with Gasteiger partial charge in [-0.3, -0.25) is 4.79 Å². The number of esters is 1. The zero-order chi connectivity index (χ0) is 30.0. The van der Waals surface area contributed by atoms with E-state index in [9.17, 15) is 9.59 Å². The number of carbonyl (C=O) groups excluding carboxylic acids is 2. The van der Waals surface area contributed by atoms with Gasteiger partial charge in [0.05, 0.1) is 13.7 Å². The largest absolute Gasteiger partial charge is 0.492 e. The van der Waals surface area contributed by atoms with Crippen LogP contribution in [0.5, 0.6) is 5.75 Å². The maximum Gasteiger partial charge on any atom is 0.328 e. The number of rotatable bonds is 14. The summed E-state index contributed by atoms with van der Waals surface area (Å²) < 4.78 is 11.3. The first kappa shape index (κ1) is 29.9. The number of aryl methyl sites for hydroxylation is 1. The highest BCUT2D eigenvalue weighted by Crippen LogP contribution is 2.30. The van der Waals surface area contributed by atoms with E-state index in [4.69, 9.17) is 9.47 Å². The van der Waals surface area contributed by atoms with Gasteiger partial charge in [0.15, 0.2) is 5.78 Å². The molecule has 0 unspecified atom stereocenters. The third-order valence-corrected chi connectivity index (χ3v) is 8.18. The second-order valence-electron chi connectivity index (χ2n) is 11.2. The molecule has 0 aliphatic heterocycles. The lowest BCUT2D eigenvalue weighted by Crippen LogP contribution is -2.36. The molecule has 0 heterocycles. The molecule has 1 saturated carbocycles. The number of nitrogens with zero attached hydrogens (tertiary/aromatic N) is 1. The Hall–Kier alpha value is -4.58. The van der Waals surface area contributed by atoms with Gasteiger partial charge in [0.25, 0.3) is 0 Å². The molecule has 1 aliphatic rings. The van der Waals surface area contributed by atoms with Crippen molar-refractivity contribution >= 4 is 23.1 Å². The van der Waals surface area contributed by atoms with Gasteiger partial charge >= 0.3 is 5.97 Å². The van der Waals surface area contributed by atoms with Crippen molar-refractivity contribution in [3.63, 3.8) is 0 Å². The highest BCUT2D eigenvalue weighted by atomic mass is 16.5. The van der Waals surface area contributed by atoms with Crippen molar-refractivity contribution in [2.45, 2.75) is 38.6 Å². The molecular weight excluding hydrogens is 536 g/mol. The van der Waals surface area contributed by atoms with Crippen LogP contribution in [0.25, 0.3) is 0 Å². The molecule has 0 spiro atoms. The molecule has 43 heavy (non-hydrogen) atoms. The average molecular weight is 577 g/mol. The van der Waals surface area contributed by atoms with Gasteiger partial charge in [0.2, 0.25) is 0 Å². The SMILES string of the molecule is COC(=O)[C@H](Cc1ccc(OCCN(CC2CCC2)c2ccccc2C)cc1)Nc1ccccc1C(=O)c1ccccc1. The van der Waals surface area contributed by atoms with Crippen molar-refractivity contribution in [1.82, 2.24) is 0 Å². The van der Waals surface area contributed by atoms with Gasteiger partial charge < -0.3 is 19.7 Å². The van der Waals surface area contributed by atoms with Crippen LogP contribution in [-0.2, 0) is 16.0 Å². The Morgan fingerprint density at radius 2 is 1.58 bits per heavy atom. The molecule has 1 aliphatic carbocycles. The normalized spacial score (nSPS) is 13.4. The summed E-state index contributed by atoms with van der Waals surface area (Å²) >= 11 is 0. The molecule has 0 radical (unpaired) electrons. The van der Waals surface area contributed by atoms with Crippen molar-refractivity contribution in [2.24, 2.45) is 5.92 Å². The number of carbonyl (C=O) groups is 2. The number of ether oxygens (including phenoxy) is 2. The van der Waals surface area contributed by atoms with E-state index in [-0.39, 0.29) is 5.78 Å². The summed E-state index contributed by atoms with van der Waals surface area (Å²) in [5.41, 5.74) is 5.20. The Morgan fingerprint density at radius 1 is 0.884 bits per heavy atom. The smallest absolute Gasteiger partial charge is 0.328 e. The highest BCUT2D eigenvalue weighted by molar-refractivity contribution is 6.12. The quantitative estimate of drug-likeness (QED) is 0.128. The number of anilines is 2. The first-order chi connectivity index (χ1) is 21.0. The molecule has 0 aromatic heterocycles. The number of methoxy groups -OCH3 is 1. The molecule has 0 amide bonds. The topological polar surface area (TPSA) is 67.9 Å². The second kappa shape index (κ2) is 14.5. The summed E-state index contributed by atoms with van der Waals surface area (Å²) in [4.78, 5) is 28.5. The Bertz CT molecular complexity index is 1500. The van der Waals surface area contributed by atoms with Gasteiger partial charge in [0, 0.05) is 35.5 Å². The van der Waals surface area contributed by atoms with Crippen molar-refractivity contribution in [2.75, 3.05) is 37.0 Å². The molecule has 4 aromatic rings. The molecule has 1 N–H and O–H groups in total. The van der Waals surface area contributed by atoms with Crippen molar-refractivity contribution < 1.29 is 19.1 Å². The summed E-state index contributed by atoms with van der Waals surface area (Å²) in [5, 5.41) is 3.27. The Kier molecular flexibility index (Phi) is 10.1. The van der Waals surface area contributed by atoms with Crippen molar-refractivity contribution in [1.29, 1.82) is 0 Å². The summed E-state index contributed by atoms with van der Waals surface area (Å²) in [7, 11) is 1.38. The standard InChI is InChI=1S/C37H40N2O4/c1-27-11-6-9-18-35(27)39(26-29-12-10-13-29)23-24-43-31-21-19-28(20-22-31)25-34(37(41)42-2)38-33-17-8-7-16-32(33)36(40)30-14-4-3-5-15-30/h3-9,11,14-22,29,34,38H,10,12-13,23-26H2,1-2H3/t34-/m0/s1. The van der Waals surface area contributed by atoms with Gasteiger partial charge in [-0.1, -0.05) is 79.2 Å². The zero-order valence-electron chi connectivity index (χ0n) is 25.0. The van der Waals surface area contributed by atoms with Gasteiger partial charge in [-0.05, 0) is 67.1 Å². The number of hydrogen-bond donors (Lipinski definition) is 1. The fraction of sp³-hybridized carbons (Fsp3) is 0.297. The summed E-state index contributed by atoms with van der Waals surface area (Å²) in [5.74, 6) is 1.05. The third kappa shape index (κ3) is 7.83. The zero-order valence-corrected chi connectivity index (χ0v) is 25.0. The fourth-order valence-electron chi connectivity index (χ4n) is 5.52. The van der Waals surface area contributed by atoms with E-state index in [2.05, 4.69) is 41.4 Å². The lowest BCUT2D eigenvalue weighted by molar-refractivity contribution is -0.141. The van der Waals surface area contributed by atoms with Gasteiger partial charge in [-0.25, -0.2) is 4.79 Å². The molecule has 1 fully saturated rings. The van der Waals surface area contributed by atoms with Gasteiger partial charge in [-0.2, -0.15) is 0 Å². The average Bonchev–Trinajstić information content (AvgIpc) is 3.02. The molecule has 0 bridgehead atoms. The predicted octanol–water partition coefficient (Wildman–Crippen LogP) is 7.11. The number of para-hydroxylation sites is 2. The maximum absolute atomic E-state index is 13.2. The predicted molar refractivity (Wildman–Crippen MR) is 172 cm³/mol. The molecule has 4 aromatic carbocycles. The first-order valence-electron chi connectivity index (χ1n) is 15.1. The van der Waals surface area contributed by atoms with Crippen LogP contribution in [0.15, 0.2) is 103 Å². The van der Waals surface area contributed by atoms with E-state index in [0.717, 1.165) is 30.3 Å². The lowest BCUT2D eigenvalue weighted by atomic mass is 9.85. The summed E-state index contributed by atoms with van der Waals surface area (Å²) in [6.45, 7) is 4.63. The van der Waals surface area contributed by atoms with Crippen LogP contribution in [-0.4, -0.2) is 44.6 Å². The van der Waals surface area contributed by atoms with E-state index in [1.165, 1.54) is 37.6 Å². The van der Waals surface area contributed by atoms with Gasteiger partial charge in [-0.15, -0.1) is 0 Å². The molecular formula is C37H40N2O4. The Balaban J connectivity index is 1.21. The number of nitrogens with one attached hydrogen (secondary N) is 1. The molecule has 0 saturated heterocycles. The van der Waals surface area contributed by atoms with E-state index >= 15 is 0 Å². The minimum atomic E-state index is -0.671.